The van der Waals surface area contributed by atoms with Crippen molar-refractivity contribution in [2.75, 3.05) is 18.6 Å². The molecular formula is C18H25NO5S2. The van der Waals surface area contributed by atoms with Gasteiger partial charge in [-0.3, -0.25) is 4.79 Å². The lowest BCUT2D eigenvalue weighted by Gasteiger charge is -2.26. The van der Waals surface area contributed by atoms with Gasteiger partial charge in [0.05, 0.1) is 11.5 Å². The number of thiophene rings is 1. The Labute approximate surface area is 158 Å². The highest BCUT2D eigenvalue weighted by molar-refractivity contribution is 7.91. The number of nitrogens with zero attached hydrogens (tertiary/aromatic N) is 1. The van der Waals surface area contributed by atoms with Crippen LogP contribution in [0, 0.1) is 5.92 Å². The van der Waals surface area contributed by atoms with Gasteiger partial charge in [-0.05, 0) is 50.2 Å². The molecule has 3 atom stereocenters. The second kappa shape index (κ2) is 7.31. The lowest BCUT2D eigenvalue weighted by Crippen LogP contribution is -2.44. The van der Waals surface area contributed by atoms with Crippen LogP contribution in [-0.4, -0.2) is 55.9 Å². The highest BCUT2D eigenvalue weighted by Crippen LogP contribution is 2.32. The van der Waals surface area contributed by atoms with Crippen LogP contribution in [0.1, 0.15) is 46.8 Å². The van der Waals surface area contributed by atoms with Gasteiger partial charge in [-0.25, -0.2) is 13.2 Å². The van der Waals surface area contributed by atoms with Gasteiger partial charge in [0.2, 0.25) is 0 Å². The molecule has 1 fully saturated rings. The Bertz CT molecular complexity index is 814. The van der Waals surface area contributed by atoms with E-state index in [1.807, 2.05) is 6.07 Å². The Morgan fingerprint density at radius 3 is 2.73 bits per heavy atom. The lowest BCUT2D eigenvalue weighted by atomic mass is 9.90. The number of fused-ring (bicyclic) bond motifs is 1. The zero-order chi connectivity index (χ0) is 19.1. The minimum Gasteiger partial charge on any atom is -0.448 e. The van der Waals surface area contributed by atoms with E-state index in [4.69, 9.17) is 4.74 Å². The summed E-state index contributed by atoms with van der Waals surface area (Å²) in [7, 11) is -1.50. The van der Waals surface area contributed by atoms with E-state index in [1.165, 1.54) is 33.6 Å². The molecule has 0 aromatic carbocycles. The number of hydrogen-bond acceptors (Lipinski definition) is 6. The average molecular weight is 400 g/mol. The van der Waals surface area contributed by atoms with E-state index in [0.29, 0.717) is 17.2 Å². The zero-order valence-corrected chi connectivity index (χ0v) is 17.0. The molecular weight excluding hydrogens is 374 g/mol. The summed E-state index contributed by atoms with van der Waals surface area (Å²) in [5.41, 5.74) is 1.22. The van der Waals surface area contributed by atoms with Crippen LogP contribution in [0.5, 0.6) is 0 Å². The van der Waals surface area contributed by atoms with Crippen molar-refractivity contribution in [1.82, 2.24) is 4.90 Å². The van der Waals surface area contributed by atoms with E-state index in [2.05, 4.69) is 6.92 Å². The molecule has 0 N–H and O–H groups in total. The molecule has 0 saturated carbocycles. The summed E-state index contributed by atoms with van der Waals surface area (Å²) < 4.78 is 28.6. The molecule has 2 aliphatic rings. The molecule has 1 amide bonds. The normalized spacial score (nSPS) is 25.3. The smallest absolute Gasteiger partial charge is 0.349 e. The number of carbonyl (C=O) groups is 2. The molecule has 26 heavy (non-hydrogen) atoms. The summed E-state index contributed by atoms with van der Waals surface area (Å²) in [6, 6.07) is 1.55. The SMILES string of the molecule is C[C@H]1CCc2sc(C(=O)O[C@@H](C)C(=O)N(C)[C@@H]3CCS(=O)(=O)C3)cc2C1. The predicted molar refractivity (Wildman–Crippen MR) is 100 cm³/mol. The Kier molecular flexibility index (Phi) is 5.44. The van der Waals surface area contributed by atoms with Crippen LogP contribution in [0.25, 0.3) is 0 Å². The van der Waals surface area contributed by atoms with Crippen molar-refractivity contribution in [3.63, 3.8) is 0 Å². The fourth-order valence-electron chi connectivity index (χ4n) is 3.62. The minimum absolute atomic E-state index is 0.0221. The largest absolute Gasteiger partial charge is 0.448 e. The van der Waals surface area contributed by atoms with Gasteiger partial charge in [0, 0.05) is 18.0 Å². The number of esters is 1. The molecule has 0 spiro atoms. The van der Waals surface area contributed by atoms with Crippen LogP contribution in [0.3, 0.4) is 0 Å². The number of hydrogen-bond donors (Lipinski definition) is 0. The van der Waals surface area contributed by atoms with Crippen molar-refractivity contribution in [2.45, 2.75) is 51.7 Å². The molecule has 0 bridgehead atoms. The molecule has 1 aliphatic carbocycles. The van der Waals surface area contributed by atoms with Gasteiger partial charge < -0.3 is 9.64 Å². The topological polar surface area (TPSA) is 80.8 Å². The number of sulfone groups is 1. The number of ether oxygens (including phenoxy) is 1. The summed E-state index contributed by atoms with van der Waals surface area (Å²) in [5.74, 6) is -0.146. The number of aryl methyl sites for hydroxylation is 1. The first-order valence-electron chi connectivity index (χ1n) is 8.96. The van der Waals surface area contributed by atoms with Crippen LogP contribution in [-0.2, 0) is 32.2 Å². The minimum atomic E-state index is -3.07. The van der Waals surface area contributed by atoms with Gasteiger partial charge >= 0.3 is 5.97 Å². The molecule has 8 heteroatoms. The van der Waals surface area contributed by atoms with E-state index in [-0.39, 0.29) is 23.5 Å². The maximum atomic E-state index is 12.5. The van der Waals surface area contributed by atoms with Crippen LogP contribution < -0.4 is 0 Å². The Hall–Kier alpha value is -1.41. The number of carbonyl (C=O) groups excluding carboxylic acids is 2. The summed E-state index contributed by atoms with van der Waals surface area (Å²) in [6.45, 7) is 3.74. The summed E-state index contributed by atoms with van der Waals surface area (Å²) in [6.07, 6.45) is 2.59. The predicted octanol–water partition coefficient (Wildman–Crippen LogP) is 2.06. The fraction of sp³-hybridized carbons (Fsp3) is 0.667. The maximum Gasteiger partial charge on any atom is 0.349 e. The van der Waals surface area contributed by atoms with E-state index in [0.717, 1.165) is 19.3 Å². The van der Waals surface area contributed by atoms with Gasteiger partial charge in [0.15, 0.2) is 15.9 Å². The van der Waals surface area contributed by atoms with Crippen molar-refractivity contribution < 1.29 is 22.7 Å². The molecule has 6 nitrogen and oxygen atoms in total. The summed E-state index contributed by atoms with van der Waals surface area (Å²) in [5, 5.41) is 0. The monoisotopic (exact) mass is 399 g/mol. The van der Waals surface area contributed by atoms with Gasteiger partial charge in [0.1, 0.15) is 4.88 Å². The summed E-state index contributed by atoms with van der Waals surface area (Å²) >= 11 is 1.45. The van der Waals surface area contributed by atoms with Crippen molar-refractivity contribution in [1.29, 1.82) is 0 Å². The molecule has 2 heterocycles. The second-order valence-electron chi connectivity index (χ2n) is 7.46. The third kappa shape index (κ3) is 4.11. The summed E-state index contributed by atoms with van der Waals surface area (Å²) in [4.78, 5) is 28.1. The first-order valence-corrected chi connectivity index (χ1v) is 11.6. The third-order valence-corrected chi connectivity index (χ3v) is 8.23. The molecule has 1 aliphatic heterocycles. The molecule has 1 aromatic rings. The lowest BCUT2D eigenvalue weighted by molar-refractivity contribution is -0.140. The van der Waals surface area contributed by atoms with Gasteiger partial charge in [-0.1, -0.05) is 6.92 Å². The fourth-order valence-corrected chi connectivity index (χ4v) is 6.49. The van der Waals surface area contributed by atoms with Crippen LogP contribution in [0.2, 0.25) is 0 Å². The molecule has 3 rings (SSSR count). The van der Waals surface area contributed by atoms with Crippen molar-refractivity contribution >= 4 is 33.1 Å². The molecule has 1 aromatic heterocycles. The van der Waals surface area contributed by atoms with Crippen molar-refractivity contribution in [3.8, 4) is 0 Å². The quantitative estimate of drug-likeness (QED) is 0.724. The Balaban J connectivity index is 1.61. The van der Waals surface area contributed by atoms with Gasteiger partial charge in [-0.2, -0.15) is 0 Å². The number of amides is 1. The van der Waals surface area contributed by atoms with E-state index in [1.54, 1.807) is 7.05 Å². The first-order chi connectivity index (χ1) is 12.2. The molecule has 0 radical (unpaired) electrons. The van der Waals surface area contributed by atoms with Crippen LogP contribution in [0.15, 0.2) is 6.07 Å². The zero-order valence-electron chi connectivity index (χ0n) is 15.4. The second-order valence-corrected chi connectivity index (χ2v) is 10.8. The van der Waals surface area contributed by atoms with Crippen molar-refractivity contribution in [3.05, 3.63) is 21.4 Å². The van der Waals surface area contributed by atoms with Gasteiger partial charge in [-0.15, -0.1) is 11.3 Å². The maximum absolute atomic E-state index is 12.5. The van der Waals surface area contributed by atoms with Crippen molar-refractivity contribution in [2.24, 2.45) is 5.92 Å². The highest BCUT2D eigenvalue weighted by atomic mass is 32.2. The first kappa shape index (κ1) is 19.4. The number of rotatable bonds is 4. The number of likely N-dealkylation sites (N-methyl/N-ethyl adjacent to an activating group) is 1. The standard InChI is InChI=1S/C18H25NO5S2/c1-11-4-5-15-13(8-11)9-16(25-15)18(21)24-12(2)17(20)19(3)14-6-7-26(22,23)10-14/h9,11-12,14H,4-8,10H2,1-3H3/t11-,12-,14+/m0/s1. The highest BCUT2D eigenvalue weighted by Gasteiger charge is 2.35. The van der Waals surface area contributed by atoms with Crippen LogP contribution >= 0.6 is 11.3 Å². The third-order valence-electron chi connectivity index (χ3n) is 5.27. The Morgan fingerprint density at radius 1 is 1.35 bits per heavy atom. The van der Waals surface area contributed by atoms with E-state index >= 15 is 0 Å². The Morgan fingerprint density at radius 2 is 2.08 bits per heavy atom. The van der Waals surface area contributed by atoms with Gasteiger partial charge in [0.25, 0.3) is 5.91 Å². The molecule has 1 saturated heterocycles. The van der Waals surface area contributed by atoms with E-state index in [9.17, 15) is 18.0 Å². The van der Waals surface area contributed by atoms with Crippen LogP contribution in [0.4, 0.5) is 0 Å². The van der Waals surface area contributed by atoms with E-state index < -0.39 is 21.9 Å². The molecule has 144 valence electrons. The molecule has 0 unspecified atom stereocenters. The average Bonchev–Trinajstić information content (AvgIpc) is 3.15.